The Morgan fingerprint density at radius 3 is 1.49 bits per heavy atom. The molecule has 26 nitrogen and oxygen atoms in total. The number of hydrogen-bond donors (Lipinski definition) is 13. The van der Waals surface area contributed by atoms with E-state index < -0.39 is 149 Å². The summed E-state index contributed by atoms with van der Waals surface area (Å²) in [6.07, 6.45) is -20.1. The highest BCUT2D eigenvalue weighted by Gasteiger charge is 2.49. The average Bonchev–Trinajstić information content (AvgIpc) is 3.35. The Labute approximate surface area is 411 Å². The van der Waals surface area contributed by atoms with Gasteiger partial charge >= 0.3 is 11.9 Å². The summed E-state index contributed by atoms with van der Waals surface area (Å²) < 4.78 is 62.1. The van der Waals surface area contributed by atoms with Gasteiger partial charge in [0.1, 0.15) is 79.9 Å². The van der Waals surface area contributed by atoms with Crippen LogP contribution in [0, 0.1) is 0 Å². The third-order valence-electron chi connectivity index (χ3n) is 12.0. The van der Waals surface area contributed by atoms with Gasteiger partial charge in [0, 0.05) is 5.56 Å². The van der Waals surface area contributed by atoms with Crippen molar-refractivity contribution >= 4 is 24.1 Å². The second-order valence-electron chi connectivity index (χ2n) is 17.1. The van der Waals surface area contributed by atoms with Crippen LogP contribution in [0.5, 0.6) is 34.5 Å². The molecule has 2 aromatic carbocycles. The average molecular weight is 1030 g/mol. The summed E-state index contributed by atoms with van der Waals surface area (Å²) in [5.41, 5.74) is -0.710. The highest BCUT2D eigenvalue weighted by molar-refractivity contribution is 5.74. The molecule has 3 heterocycles. The van der Waals surface area contributed by atoms with Crippen molar-refractivity contribution in [3.05, 3.63) is 47.0 Å². The van der Waals surface area contributed by atoms with Gasteiger partial charge in [-0.25, -0.2) is 0 Å². The smallest absolute Gasteiger partial charge is 0.309 e. The van der Waals surface area contributed by atoms with Gasteiger partial charge in [0.2, 0.25) is 24.1 Å². The molecule has 13 N–H and O–H groups in total. The minimum Gasteiger partial charge on any atom is -0.493 e. The van der Waals surface area contributed by atoms with Crippen molar-refractivity contribution in [3.8, 4) is 34.5 Å². The number of benzene rings is 2. The number of allylic oxidation sites excluding steroid dienone is 1. The molecule has 5 rings (SSSR count). The summed E-state index contributed by atoms with van der Waals surface area (Å²) in [6, 6.07) is 4.55. The number of aliphatic hydroxyl groups is 12. The van der Waals surface area contributed by atoms with Gasteiger partial charge in [0.25, 0.3) is 0 Å². The maximum absolute atomic E-state index is 13.2. The number of rotatable bonds is 23. The number of carbonyl (C=O) groups is 2. The van der Waals surface area contributed by atoms with Crippen LogP contribution in [-0.4, -0.2) is 231 Å². The van der Waals surface area contributed by atoms with E-state index in [0.717, 1.165) is 0 Å². The second-order valence-corrected chi connectivity index (χ2v) is 17.1. The van der Waals surface area contributed by atoms with E-state index in [4.69, 9.17) is 52.1 Å². The van der Waals surface area contributed by atoms with Crippen molar-refractivity contribution < 1.29 is 128 Å². The van der Waals surface area contributed by atoms with Gasteiger partial charge in [-0.2, -0.15) is 0 Å². The number of methoxy groups -OCH3 is 4. The number of carbonyl (C=O) groups excluding carboxylic acids is 1. The quantitative estimate of drug-likeness (QED) is 0.0477. The SMILES string of the molecule is COc1cc(/C=C/Cc2c(/C=C/COC(=O)C[C@](C)(CC(=O)O)O[C@H]3O[C@@H](CO)[C@@H](O)[C@H](O)[C@@H]3O)cc(OC)c(O[C@H]3O[C@@H](CO)[C@@H](O)[C@H](O)[C@@H]3O)c2OC)cc(OC)c1O[C@@H]1O[C@H](CO)[C@@H](O)[C@H](O)[C@H]1O. The highest BCUT2D eigenvalue weighted by atomic mass is 16.7. The summed E-state index contributed by atoms with van der Waals surface area (Å²) in [5.74, 6) is -2.44. The molecule has 3 aliphatic rings. The van der Waals surface area contributed by atoms with Gasteiger partial charge in [-0.1, -0.05) is 18.2 Å². The lowest BCUT2D eigenvalue weighted by atomic mass is 9.95. The molecule has 16 atom stereocenters. The van der Waals surface area contributed by atoms with Crippen LogP contribution < -0.4 is 28.4 Å². The molecule has 0 saturated carbocycles. The molecule has 0 aliphatic carbocycles. The van der Waals surface area contributed by atoms with E-state index in [1.807, 2.05) is 0 Å². The van der Waals surface area contributed by atoms with Crippen molar-refractivity contribution in [1.29, 1.82) is 0 Å². The molecular formula is C46H64O26. The van der Waals surface area contributed by atoms with E-state index in [1.54, 1.807) is 12.2 Å². The normalized spacial score (nSPS) is 31.7. The number of aliphatic carboxylic acids is 1. The fourth-order valence-corrected chi connectivity index (χ4v) is 8.08. The summed E-state index contributed by atoms with van der Waals surface area (Å²) in [7, 11) is 5.23. The number of aliphatic hydroxyl groups excluding tert-OH is 12. The zero-order chi connectivity index (χ0) is 53.2. The summed E-state index contributed by atoms with van der Waals surface area (Å²) in [4.78, 5) is 25.0. The third kappa shape index (κ3) is 13.4. The van der Waals surface area contributed by atoms with E-state index in [0.29, 0.717) is 16.7 Å². The molecule has 2 aromatic rings. The molecule has 0 bridgehead atoms. The number of carboxylic acids is 1. The molecule has 404 valence electrons. The molecule has 0 amide bonds. The Bertz CT molecular complexity index is 2140. The lowest BCUT2D eigenvalue weighted by Gasteiger charge is -2.42. The van der Waals surface area contributed by atoms with Crippen molar-refractivity contribution in [2.45, 2.75) is 124 Å². The zero-order valence-electron chi connectivity index (χ0n) is 39.8. The Kier molecular flexibility index (Phi) is 20.7. The topological polar surface area (TPSA) is 399 Å². The summed E-state index contributed by atoms with van der Waals surface area (Å²) >= 11 is 0. The highest BCUT2D eigenvalue weighted by Crippen LogP contribution is 2.45. The number of hydrogen-bond acceptors (Lipinski definition) is 25. The maximum Gasteiger partial charge on any atom is 0.309 e. The molecule has 0 unspecified atom stereocenters. The van der Waals surface area contributed by atoms with Crippen molar-refractivity contribution in [3.63, 3.8) is 0 Å². The van der Waals surface area contributed by atoms with E-state index in [-0.39, 0.29) is 40.9 Å². The second kappa shape index (κ2) is 25.8. The van der Waals surface area contributed by atoms with Gasteiger partial charge in [-0.05, 0) is 48.7 Å². The van der Waals surface area contributed by atoms with Crippen LogP contribution in [0.4, 0.5) is 0 Å². The van der Waals surface area contributed by atoms with Gasteiger partial charge in [-0.3, -0.25) is 9.59 Å². The minimum atomic E-state index is -1.90. The molecule has 26 heteroatoms. The third-order valence-corrected chi connectivity index (χ3v) is 12.0. The number of ether oxygens (including phenoxy) is 11. The lowest BCUT2D eigenvalue weighted by molar-refractivity contribution is -0.325. The van der Waals surface area contributed by atoms with Crippen LogP contribution in [0.1, 0.15) is 36.5 Å². The fraction of sp³-hybridized carbons (Fsp3) is 0.609. The Hall–Kier alpha value is -4.98. The van der Waals surface area contributed by atoms with Gasteiger partial charge in [-0.15, -0.1) is 0 Å². The maximum atomic E-state index is 13.2. The fourth-order valence-electron chi connectivity index (χ4n) is 8.08. The first-order valence-corrected chi connectivity index (χ1v) is 22.4. The van der Waals surface area contributed by atoms with Crippen LogP contribution in [0.15, 0.2) is 30.4 Å². The Morgan fingerprint density at radius 2 is 1.03 bits per heavy atom. The molecule has 72 heavy (non-hydrogen) atoms. The zero-order valence-corrected chi connectivity index (χ0v) is 39.8. The molecule has 3 aliphatic heterocycles. The first-order chi connectivity index (χ1) is 34.2. The Balaban J connectivity index is 1.44. The molecule has 0 radical (unpaired) electrons. The van der Waals surface area contributed by atoms with Crippen molar-refractivity contribution in [2.75, 3.05) is 54.9 Å². The predicted molar refractivity (Wildman–Crippen MR) is 241 cm³/mol. The standard InChI is InChI=1S/C46H64O26/c1-46(15-29(50)51,72-45-39(61)36(58)33(55)28(19-49)69-45)16-30(52)66-11-7-9-21-14-25(64-4)42(71-44-38(60)35(57)32(54)27(18-48)68-44)40(65-5)22(21)10-6-8-20-12-23(62-2)41(24(13-20)63-3)70-43-37(59)34(56)31(53)26(17-47)67-43/h6-9,12-14,26-28,31-39,43-45,47-49,53-61H,10-11,15-19H2,1-5H3,(H,50,51)/b8-6+,9-7+/t26-,27+,28+,31-,32-,33-,34+,35+,36+,37-,38+,39+,43+,44-,45-,46+/m1/s1. The van der Waals surface area contributed by atoms with Crippen LogP contribution in [0.3, 0.4) is 0 Å². The first kappa shape index (κ1) is 57.9. The lowest BCUT2D eigenvalue weighted by Crippen LogP contribution is -2.60. The molecule has 3 saturated heterocycles. The van der Waals surface area contributed by atoms with Crippen molar-refractivity contribution in [1.82, 2.24) is 0 Å². The van der Waals surface area contributed by atoms with E-state index in [9.17, 15) is 76.0 Å². The largest absolute Gasteiger partial charge is 0.493 e. The van der Waals surface area contributed by atoms with E-state index in [2.05, 4.69) is 0 Å². The van der Waals surface area contributed by atoms with Gasteiger partial charge in [0.15, 0.2) is 29.3 Å². The van der Waals surface area contributed by atoms with E-state index >= 15 is 0 Å². The first-order valence-electron chi connectivity index (χ1n) is 22.4. The molecule has 0 spiro atoms. The predicted octanol–water partition coefficient (Wildman–Crippen LogP) is -3.67. The monoisotopic (exact) mass is 1030 g/mol. The molecule has 3 fully saturated rings. The van der Waals surface area contributed by atoms with Crippen molar-refractivity contribution in [2.24, 2.45) is 0 Å². The van der Waals surface area contributed by atoms with Crippen LogP contribution in [0.25, 0.3) is 12.2 Å². The molecule has 0 aromatic heterocycles. The minimum absolute atomic E-state index is 0.000762. The van der Waals surface area contributed by atoms with E-state index in [1.165, 1.54) is 65.7 Å². The van der Waals surface area contributed by atoms with Gasteiger partial charge in [0.05, 0.1) is 66.7 Å². The van der Waals surface area contributed by atoms with Gasteiger partial charge < -0.3 is 118 Å². The Morgan fingerprint density at radius 1 is 0.569 bits per heavy atom. The summed E-state index contributed by atoms with van der Waals surface area (Å²) in [5, 5.41) is 132. The van der Waals surface area contributed by atoms with Crippen LogP contribution in [0.2, 0.25) is 0 Å². The summed E-state index contributed by atoms with van der Waals surface area (Å²) in [6.45, 7) is -1.41. The molecular weight excluding hydrogens is 968 g/mol. The number of carboxylic acid groups (broad SMARTS) is 1. The number of esters is 1. The van der Waals surface area contributed by atoms with Crippen LogP contribution >= 0.6 is 0 Å². The van der Waals surface area contributed by atoms with Crippen LogP contribution in [-0.2, 0) is 39.7 Å².